The molecule has 0 heterocycles. The van der Waals surface area contributed by atoms with Crippen molar-refractivity contribution in [3.63, 3.8) is 0 Å². The van der Waals surface area contributed by atoms with Crippen molar-refractivity contribution in [1.29, 1.82) is 0 Å². The molecule has 0 bridgehead atoms. The summed E-state index contributed by atoms with van der Waals surface area (Å²) in [5.41, 5.74) is 5.66. The molecule has 4 aliphatic rings. The van der Waals surface area contributed by atoms with Crippen molar-refractivity contribution in [2.45, 2.75) is 137 Å². The van der Waals surface area contributed by atoms with Crippen molar-refractivity contribution >= 4 is 11.6 Å². The summed E-state index contributed by atoms with van der Waals surface area (Å²) in [6.45, 7) is 10.7. The fourth-order valence-electron chi connectivity index (χ4n) is 3.96. The maximum Gasteiger partial charge on any atom is 4.00 e. The molecule has 0 radical (unpaired) electrons. The van der Waals surface area contributed by atoms with Gasteiger partial charge in [0, 0.05) is 0 Å². The van der Waals surface area contributed by atoms with E-state index in [4.69, 9.17) is 11.6 Å². The molecule has 0 aliphatic heterocycles. The Hall–Kier alpha value is -0.0238. The molecule has 0 spiro atoms. The topological polar surface area (TPSA) is 0 Å². The van der Waals surface area contributed by atoms with Crippen molar-refractivity contribution in [2.75, 3.05) is 0 Å². The summed E-state index contributed by atoms with van der Waals surface area (Å²) in [7, 11) is 0. The van der Waals surface area contributed by atoms with Crippen LogP contribution in [0.2, 0.25) is 0 Å². The van der Waals surface area contributed by atoms with Crippen LogP contribution in [0.15, 0.2) is 70.9 Å². The van der Waals surface area contributed by atoms with Gasteiger partial charge in [-0.2, -0.15) is 31.2 Å². The Bertz CT molecular complexity index is 685. The van der Waals surface area contributed by atoms with Gasteiger partial charge in [0.1, 0.15) is 0 Å². The molecule has 0 N–H and O–H groups in total. The molecule has 0 aromatic heterocycles. The summed E-state index contributed by atoms with van der Waals surface area (Å²) in [6, 6.07) is 0. The van der Waals surface area contributed by atoms with Gasteiger partial charge < -0.3 is 19.0 Å². The van der Waals surface area contributed by atoms with Crippen LogP contribution in [0.5, 0.6) is 0 Å². The molecule has 4 rings (SSSR count). The molecule has 42 heavy (non-hydrogen) atoms. The molecule has 4 aliphatic carbocycles. The zero-order valence-corrected chi connectivity index (χ0v) is 33.6. The van der Waals surface area contributed by atoms with Gasteiger partial charge in [-0.1, -0.05) is 105 Å². The van der Waals surface area contributed by atoms with Crippen molar-refractivity contribution in [2.24, 2.45) is 0 Å². The van der Waals surface area contributed by atoms with E-state index >= 15 is 0 Å². The number of unbranched alkanes of at least 4 members (excludes halogenated alkanes) is 4. The first-order valence-corrected chi connectivity index (χ1v) is 16.0. The van der Waals surface area contributed by atoms with Crippen LogP contribution in [0.1, 0.15) is 137 Å². The largest absolute Gasteiger partial charge is 4.00 e. The van der Waals surface area contributed by atoms with Crippen molar-refractivity contribution in [3.8, 4) is 0 Å². The third-order valence-electron chi connectivity index (χ3n) is 6.26. The molecule has 0 aromatic rings. The van der Waals surface area contributed by atoms with Gasteiger partial charge in [-0.3, -0.25) is 24.3 Å². The van der Waals surface area contributed by atoms with Crippen LogP contribution in [0.25, 0.3) is 0 Å². The Labute approximate surface area is 307 Å². The number of allylic oxidation sites excluding steroid dienone is 16. The fraction of sp³-hybridized carbons (Fsp3) is 0.538. The Kier molecular flexibility index (Phi) is 45.4. The van der Waals surface area contributed by atoms with Crippen LogP contribution < -0.4 is 0 Å². The average molecular weight is 746 g/mol. The molecule has 0 saturated heterocycles. The van der Waals surface area contributed by atoms with Crippen LogP contribution >= 0.6 is 11.6 Å². The van der Waals surface area contributed by atoms with Crippen molar-refractivity contribution in [3.05, 3.63) is 109 Å². The SMILES string of the molecule is CCCCC1=[C-]CC=C1.CCCCC1=[C-]CC=C1.CCCCC1=[C-]CC=C1.CCCCC1=[C-]CC=C1.C[CH-]Cl.[CH3-].[Zr+2].[Zr+4]. The number of halogens is 1. The van der Waals surface area contributed by atoms with Crippen LogP contribution in [0, 0.1) is 37.6 Å². The maximum atomic E-state index is 4.87. The van der Waals surface area contributed by atoms with Crippen LogP contribution in [-0.4, -0.2) is 0 Å². The van der Waals surface area contributed by atoms with Crippen LogP contribution in [0.3, 0.4) is 0 Å². The second-order valence-electron chi connectivity index (χ2n) is 9.87. The number of hydrogen-bond acceptors (Lipinski definition) is 0. The minimum atomic E-state index is 0. The third kappa shape index (κ3) is 31.4. The molecule has 3 heteroatoms. The van der Waals surface area contributed by atoms with E-state index in [1.165, 1.54) is 105 Å². The minimum absolute atomic E-state index is 0. The van der Waals surface area contributed by atoms with Crippen molar-refractivity contribution < 1.29 is 52.4 Å². The van der Waals surface area contributed by atoms with E-state index in [0.29, 0.717) is 0 Å². The van der Waals surface area contributed by atoms with E-state index in [-0.39, 0.29) is 59.8 Å². The first-order chi connectivity index (χ1) is 19.1. The Morgan fingerprint density at radius 3 is 0.857 bits per heavy atom. The maximum absolute atomic E-state index is 4.87. The summed E-state index contributed by atoms with van der Waals surface area (Å²) in [6.07, 6.45) is 50.1. The quantitative estimate of drug-likeness (QED) is 0.175. The zero-order valence-electron chi connectivity index (χ0n) is 27.9. The summed E-state index contributed by atoms with van der Waals surface area (Å²) in [4.78, 5) is 0. The number of rotatable bonds is 12. The first-order valence-electron chi connectivity index (χ1n) is 15.6. The zero-order chi connectivity index (χ0) is 28.8. The fourth-order valence-corrected chi connectivity index (χ4v) is 3.96. The molecule has 0 unspecified atom stereocenters. The second-order valence-corrected chi connectivity index (χ2v) is 10.3. The predicted molar refractivity (Wildman–Crippen MR) is 182 cm³/mol. The van der Waals surface area contributed by atoms with E-state index in [1.807, 2.05) is 0 Å². The molecule has 0 saturated carbocycles. The average Bonchev–Trinajstić information content (AvgIpc) is 3.79. The van der Waals surface area contributed by atoms with Gasteiger partial charge in [-0.05, 0) is 0 Å². The molecule has 230 valence electrons. The number of hydrogen-bond donors (Lipinski definition) is 0. The van der Waals surface area contributed by atoms with Gasteiger partial charge in [-0.25, -0.2) is 52.5 Å². The Balaban J connectivity index is -0.000000217. The van der Waals surface area contributed by atoms with Gasteiger partial charge in [-0.15, -0.1) is 25.7 Å². The molecule has 0 aromatic carbocycles. The molecular weight excluding hydrogens is 686 g/mol. The summed E-state index contributed by atoms with van der Waals surface area (Å²) in [5, 5.41) is 0. The van der Waals surface area contributed by atoms with Gasteiger partial charge in [0.15, 0.2) is 0 Å². The van der Waals surface area contributed by atoms with Crippen molar-refractivity contribution in [1.82, 2.24) is 0 Å². The molecular formula is C39H59ClZr2. The predicted octanol–water partition coefficient (Wildman–Crippen LogP) is 13.3. The normalized spacial score (nSPS) is 14.4. The van der Waals surface area contributed by atoms with Gasteiger partial charge >= 0.3 is 52.4 Å². The molecule has 0 amide bonds. The smallest absolute Gasteiger partial charge is 0.358 e. The van der Waals surface area contributed by atoms with Gasteiger partial charge in [0.05, 0.1) is 0 Å². The van der Waals surface area contributed by atoms with E-state index in [9.17, 15) is 0 Å². The van der Waals surface area contributed by atoms with Gasteiger partial charge in [0.25, 0.3) is 0 Å². The van der Waals surface area contributed by atoms with E-state index < -0.39 is 0 Å². The molecule has 0 nitrogen and oxygen atoms in total. The summed E-state index contributed by atoms with van der Waals surface area (Å²) in [5.74, 6) is 1.47. The summed E-state index contributed by atoms with van der Waals surface area (Å²) < 4.78 is 0. The monoisotopic (exact) mass is 742 g/mol. The Morgan fingerprint density at radius 2 is 0.738 bits per heavy atom. The van der Waals surface area contributed by atoms with Crippen LogP contribution in [0.4, 0.5) is 0 Å². The minimum Gasteiger partial charge on any atom is -0.358 e. The molecule has 0 atom stereocenters. The van der Waals surface area contributed by atoms with E-state index in [2.05, 4.69) is 101 Å². The molecule has 0 fully saturated rings. The van der Waals surface area contributed by atoms with Gasteiger partial charge in [0.2, 0.25) is 0 Å². The van der Waals surface area contributed by atoms with E-state index in [0.717, 1.165) is 25.7 Å². The van der Waals surface area contributed by atoms with Crippen LogP contribution in [-0.2, 0) is 52.4 Å². The Morgan fingerprint density at radius 1 is 0.548 bits per heavy atom. The van der Waals surface area contributed by atoms with E-state index in [1.54, 1.807) is 6.92 Å². The summed E-state index contributed by atoms with van der Waals surface area (Å²) >= 11 is 4.87. The third-order valence-corrected chi connectivity index (χ3v) is 6.26. The second kappa shape index (κ2) is 39.0. The first kappa shape index (κ1) is 48.9. The standard InChI is InChI=1S/4C9H13.C2H4Cl.CH3.2Zr/c4*1-2-3-6-9-7-4-5-8-9;1-2-3;;;/h4*4,7H,2-3,5-6H2,1H3;2H,1H3;1H3;;/q6*-1;+2;+4.